The molecule has 1 aliphatic rings. The Bertz CT molecular complexity index is 544. The lowest BCUT2D eigenvalue weighted by molar-refractivity contribution is -0.137. The smallest absolute Gasteiger partial charge is 0.355 e. The summed E-state index contributed by atoms with van der Waals surface area (Å²) in [6.45, 7) is 2.34. The van der Waals surface area contributed by atoms with Crippen molar-refractivity contribution in [2.24, 2.45) is 11.7 Å². The first-order valence-electron chi connectivity index (χ1n) is 7.44. The molecule has 2 rings (SSSR count). The van der Waals surface area contributed by atoms with E-state index in [0.717, 1.165) is 25.3 Å². The molecule has 130 valence electrons. The molecule has 0 heterocycles. The monoisotopic (exact) mass is 350 g/mol. The van der Waals surface area contributed by atoms with Gasteiger partial charge in [0.05, 0.1) is 5.56 Å². The van der Waals surface area contributed by atoms with Crippen LogP contribution in [-0.2, 0) is 16.4 Å². The van der Waals surface area contributed by atoms with Gasteiger partial charge in [-0.1, -0.05) is 31.5 Å². The minimum atomic E-state index is -4.35. The van der Waals surface area contributed by atoms with Crippen LogP contribution < -0.4 is 11.1 Å². The van der Waals surface area contributed by atoms with Crippen molar-refractivity contribution in [3.05, 3.63) is 35.4 Å². The van der Waals surface area contributed by atoms with Gasteiger partial charge in [-0.05, 0) is 24.5 Å². The molecule has 0 aliphatic heterocycles. The van der Waals surface area contributed by atoms with Gasteiger partial charge in [-0.3, -0.25) is 4.79 Å². The van der Waals surface area contributed by atoms with E-state index in [0.29, 0.717) is 12.1 Å². The number of hydrogen-bond acceptors (Lipinski definition) is 2. The van der Waals surface area contributed by atoms with Gasteiger partial charge in [0.2, 0.25) is 5.91 Å². The molecule has 0 aromatic heterocycles. The minimum absolute atomic E-state index is 0. The van der Waals surface area contributed by atoms with Gasteiger partial charge in [-0.25, -0.2) is 0 Å². The largest absolute Gasteiger partial charge is 0.416 e. The third-order valence-electron chi connectivity index (χ3n) is 4.52. The van der Waals surface area contributed by atoms with E-state index in [9.17, 15) is 18.0 Å². The second kappa shape index (κ2) is 7.53. The maximum absolute atomic E-state index is 12.9. The molecule has 0 radical (unpaired) electrons. The first-order valence-corrected chi connectivity index (χ1v) is 7.44. The molecule has 3 nitrogen and oxygen atoms in total. The maximum atomic E-state index is 12.9. The van der Waals surface area contributed by atoms with Gasteiger partial charge >= 0.3 is 6.18 Å². The number of nitrogens with two attached hydrogens (primary N) is 1. The lowest BCUT2D eigenvalue weighted by Gasteiger charge is -2.43. The Kier molecular flexibility index (Phi) is 6.48. The number of halogens is 4. The molecule has 1 saturated carbocycles. The molecule has 0 saturated heterocycles. The highest BCUT2D eigenvalue weighted by Crippen LogP contribution is 2.44. The third-order valence-corrected chi connectivity index (χ3v) is 4.52. The fourth-order valence-corrected chi connectivity index (χ4v) is 2.73. The Morgan fingerprint density at radius 2 is 2.04 bits per heavy atom. The lowest BCUT2D eigenvalue weighted by Crippen LogP contribution is -2.47. The molecule has 1 amide bonds. The van der Waals surface area contributed by atoms with E-state index in [4.69, 9.17) is 5.73 Å². The van der Waals surface area contributed by atoms with Gasteiger partial charge in [0.1, 0.15) is 0 Å². The molecule has 23 heavy (non-hydrogen) atoms. The zero-order valence-electron chi connectivity index (χ0n) is 13.0. The third kappa shape index (κ3) is 4.38. The highest BCUT2D eigenvalue weighted by molar-refractivity contribution is 5.85. The molecular weight excluding hydrogens is 329 g/mol. The molecule has 0 bridgehead atoms. The van der Waals surface area contributed by atoms with Crippen molar-refractivity contribution >= 4 is 18.3 Å². The molecule has 1 atom stereocenters. The summed E-state index contributed by atoms with van der Waals surface area (Å²) in [7, 11) is 0. The van der Waals surface area contributed by atoms with Gasteiger partial charge in [-0.2, -0.15) is 13.2 Å². The highest BCUT2D eigenvalue weighted by Gasteiger charge is 2.40. The Balaban J connectivity index is 0.00000264. The van der Waals surface area contributed by atoms with Crippen LogP contribution in [0, 0.1) is 5.92 Å². The molecular formula is C16H22ClF3N2O. The summed E-state index contributed by atoms with van der Waals surface area (Å²) in [5.74, 6) is -0.445. The molecule has 1 aromatic carbocycles. The average Bonchev–Trinajstić information content (AvgIpc) is 2.44. The number of benzene rings is 1. The number of carbonyl (C=O) groups is 1. The second-order valence-corrected chi connectivity index (χ2v) is 6.07. The summed E-state index contributed by atoms with van der Waals surface area (Å²) in [6, 6.07) is 5.43. The Labute approximate surface area is 140 Å². The topological polar surface area (TPSA) is 55.1 Å². The standard InChI is InChI=1S/C16H21F3N2O.ClH/c1-11(9-20)14(22)21-10-15(6-3-7-15)12-4-2-5-13(8-12)16(17,18)19;/h2,4-5,8,11H,3,6-7,9-10,20H2,1H3,(H,21,22);1H. The normalized spacial score (nSPS) is 17.6. The van der Waals surface area contributed by atoms with Gasteiger partial charge in [0, 0.05) is 24.4 Å². The van der Waals surface area contributed by atoms with Crippen LogP contribution in [0.4, 0.5) is 13.2 Å². The summed E-state index contributed by atoms with van der Waals surface area (Å²) in [4.78, 5) is 11.8. The SMILES string of the molecule is CC(CN)C(=O)NCC1(c2cccc(C(F)(F)F)c2)CCC1.Cl. The fourth-order valence-electron chi connectivity index (χ4n) is 2.73. The van der Waals surface area contributed by atoms with Crippen molar-refractivity contribution in [2.75, 3.05) is 13.1 Å². The van der Waals surface area contributed by atoms with E-state index in [-0.39, 0.29) is 36.2 Å². The van der Waals surface area contributed by atoms with E-state index in [2.05, 4.69) is 5.32 Å². The number of amides is 1. The van der Waals surface area contributed by atoms with E-state index in [1.54, 1.807) is 13.0 Å². The van der Waals surface area contributed by atoms with E-state index in [1.807, 2.05) is 0 Å². The molecule has 7 heteroatoms. The van der Waals surface area contributed by atoms with E-state index < -0.39 is 11.7 Å². The van der Waals surface area contributed by atoms with Crippen molar-refractivity contribution in [1.29, 1.82) is 0 Å². The van der Waals surface area contributed by atoms with Crippen LogP contribution in [0.5, 0.6) is 0 Å². The summed E-state index contributed by atoms with van der Waals surface area (Å²) in [5.41, 5.74) is 5.07. The van der Waals surface area contributed by atoms with Crippen molar-refractivity contribution < 1.29 is 18.0 Å². The quantitative estimate of drug-likeness (QED) is 0.856. The maximum Gasteiger partial charge on any atom is 0.416 e. The number of nitrogens with one attached hydrogen (secondary N) is 1. The van der Waals surface area contributed by atoms with Crippen LogP contribution in [0.1, 0.15) is 37.3 Å². The van der Waals surface area contributed by atoms with Crippen molar-refractivity contribution in [3.63, 3.8) is 0 Å². The number of hydrogen-bond donors (Lipinski definition) is 2. The van der Waals surface area contributed by atoms with Gasteiger partial charge in [0.25, 0.3) is 0 Å². The summed E-state index contributed by atoms with van der Waals surface area (Å²) < 4.78 is 38.6. The predicted octanol–water partition coefficient (Wildman–Crippen LogP) is 3.26. The first kappa shape index (κ1) is 19.8. The summed E-state index contributed by atoms with van der Waals surface area (Å²) in [5, 5.41) is 2.83. The van der Waals surface area contributed by atoms with Crippen LogP contribution in [-0.4, -0.2) is 19.0 Å². The van der Waals surface area contributed by atoms with Crippen LogP contribution in [0.3, 0.4) is 0 Å². The molecule has 3 N–H and O–H groups in total. The van der Waals surface area contributed by atoms with Crippen molar-refractivity contribution in [1.82, 2.24) is 5.32 Å². The van der Waals surface area contributed by atoms with Gasteiger partial charge < -0.3 is 11.1 Å². The number of carbonyl (C=O) groups excluding carboxylic acids is 1. The van der Waals surface area contributed by atoms with Crippen LogP contribution in [0.25, 0.3) is 0 Å². The molecule has 0 spiro atoms. The van der Waals surface area contributed by atoms with Crippen LogP contribution in [0.15, 0.2) is 24.3 Å². The molecule has 1 unspecified atom stereocenters. The fraction of sp³-hybridized carbons (Fsp3) is 0.562. The zero-order chi connectivity index (χ0) is 16.4. The zero-order valence-corrected chi connectivity index (χ0v) is 13.8. The number of rotatable bonds is 5. The first-order chi connectivity index (χ1) is 10.3. The number of alkyl halides is 3. The minimum Gasteiger partial charge on any atom is -0.355 e. The lowest BCUT2D eigenvalue weighted by atomic mass is 9.64. The van der Waals surface area contributed by atoms with E-state index in [1.165, 1.54) is 12.1 Å². The summed E-state index contributed by atoms with van der Waals surface area (Å²) >= 11 is 0. The Morgan fingerprint density at radius 3 is 2.52 bits per heavy atom. The second-order valence-electron chi connectivity index (χ2n) is 6.07. The van der Waals surface area contributed by atoms with Crippen LogP contribution in [0.2, 0.25) is 0 Å². The predicted molar refractivity (Wildman–Crippen MR) is 85.4 cm³/mol. The average molecular weight is 351 g/mol. The Morgan fingerprint density at radius 1 is 1.39 bits per heavy atom. The van der Waals surface area contributed by atoms with Gasteiger partial charge in [-0.15, -0.1) is 12.4 Å². The van der Waals surface area contributed by atoms with Crippen LogP contribution >= 0.6 is 12.4 Å². The molecule has 1 aromatic rings. The molecule has 1 aliphatic carbocycles. The van der Waals surface area contributed by atoms with E-state index >= 15 is 0 Å². The van der Waals surface area contributed by atoms with Gasteiger partial charge in [0.15, 0.2) is 0 Å². The summed E-state index contributed by atoms with van der Waals surface area (Å²) in [6.07, 6.45) is -1.83. The highest BCUT2D eigenvalue weighted by atomic mass is 35.5. The van der Waals surface area contributed by atoms with Crippen molar-refractivity contribution in [2.45, 2.75) is 37.8 Å². The Hall–Kier alpha value is -1.27. The van der Waals surface area contributed by atoms with Crippen molar-refractivity contribution in [3.8, 4) is 0 Å². The molecule has 1 fully saturated rings.